The average molecular weight is 342 g/mol. The first-order valence-corrected chi connectivity index (χ1v) is 8.57. The van der Waals surface area contributed by atoms with Crippen LogP contribution in [-0.4, -0.2) is 55.2 Å². The molecule has 0 radical (unpaired) electrons. The van der Waals surface area contributed by atoms with Crippen LogP contribution in [0.3, 0.4) is 0 Å². The molecule has 0 aromatic rings. The van der Waals surface area contributed by atoms with Gasteiger partial charge in [-0.25, -0.2) is 4.79 Å². The van der Waals surface area contributed by atoms with Crippen molar-refractivity contribution in [2.24, 2.45) is 11.8 Å². The minimum atomic E-state index is -0.626. The summed E-state index contributed by atoms with van der Waals surface area (Å²) in [5, 5.41) is 2.60. The number of alkyl carbamates (subject to hydrolysis) is 1. The third-order valence-electron chi connectivity index (χ3n) is 4.04. The molecular weight excluding hydrogens is 312 g/mol. The van der Waals surface area contributed by atoms with Crippen molar-refractivity contribution in [1.82, 2.24) is 10.2 Å². The van der Waals surface area contributed by atoms with E-state index in [9.17, 15) is 14.4 Å². The number of likely N-dealkylation sites (tertiary alicyclic amines) is 1. The summed E-state index contributed by atoms with van der Waals surface area (Å²) in [5.41, 5.74) is 0. The van der Waals surface area contributed by atoms with Gasteiger partial charge in [0.2, 0.25) is 5.91 Å². The highest BCUT2D eigenvalue weighted by Gasteiger charge is 2.32. The molecule has 0 spiro atoms. The lowest BCUT2D eigenvalue weighted by Crippen LogP contribution is -2.53. The number of ether oxygens (including phenoxy) is 2. The zero-order valence-corrected chi connectivity index (χ0v) is 15.3. The zero-order valence-electron chi connectivity index (χ0n) is 15.3. The van der Waals surface area contributed by atoms with Crippen molar-refractivity contribution < 1.29 is 23.9 Å². The summed E-state index contributed by atoms with van der Waals surface area (Å²) in [4.78, 5) is 37.8. The Balaban J connectivity index is 2.65. The van der Waals surface area contributed by atoms with Crippen LogP contribution < -0.4 is 5.32 Å². The molecule has 1 aliphatic heterocycles. The van der Waals surface area contributed by atoms with E-state index in [4.69, 9.17) is 4.74 Å². The average Bonchev–Trinajstić information content (AvgIpc) is 2.50. The van der Waals surface area contributed by atoms with E-state index in [1.807, 2.05) is 27.7 Å². The van der Waals surface area contributed by atoms with E-state index in [1.165, 1.54) is 7.11 Å². The number of nitrogens with zero attached hydrogens (tertiary/aromatic N) is 1. The smallest absolute Gasteiger partial charge is 0.407 e. The molecule has 7 heteroatoms. The Morgan fingerprint density at radius 1 is 1.21 bits per heavy atom. The number of piperidine rings is 1. The molecule has 2 atom stereocenters. The molecule has 0 saturated carbocycles. The van der Waals surface area contributed by atoms with Crippen molar-refractivity contribution in [2.45, 2.75) is 59.1 Å². The lowest BCUT2D eigenvalue weighted by Gasteiger charge is -2.35. The number of rotatable bonds is 6. The van der Waals surface area contributed by atoms with Crippen LogP contribution in [0.4, 0.5) is 4.79 Å². The van der Waals surface area contributed by atoms with Gasteiger partial charge in [0, 0.05) is 13.1 Å². The Labute approximate surface area is 144 Å². The molecule has 138 valence electrons. The second kappa shape index (κ2) is 9.49. The molecule has 0 aromatic heterocycles. The van der Waals surface area contributed by atoms with Crippen LogP contribution in [0.25, 0.3) is 0 Å². The number of esters is 1. The normalized spacial score (nSPS) is 19.1. The summed E-state index contributed by atoms with van der Waals surface area (Å²) >= 11 is 0. The fraction of sp³-hybridized carbons (Fsp3) is 0.824. The van der Waals surface area contributed by atoms with Gasteiger partial charge in [0.05, 0.1) is 19.6 Å². The summed E-state index contributed by atoms with van der Waals surface area (Å²) in [6.45, 7) is 8.54. The SMILES string of the molecule is COC(=O)N[C@@H](C(=O)N1CCC[C@H](CC(=O)OC(C)C)C1)C(C)C. The van der Waals surface area contributed by atoms with E-state index in [0.717, 1.165) is 12.8 Å². The third kappa shape index (κ3) is 6.37. The number of hydrogen-bond donors (Lipinski definition) is 1. The fourth-order valence-electron chi connectivity index (χ4n) is 2.87. The van der Waals surface area contributed by atoms with Crippen LogP contribution >= 0.6 is 0 Å². The van der Waals surface area contributed by atoms with Gasteiger partial charge in [0.15, 0.2) is 0 Å². The van der Waals surface area contributed by atoms with Crippen molar-refractivity contribution in [3.63, 3.8) is 0 Å². The number of hydrogen-bond acceptors (Lipinski definition) is 5. The van der Waals surface area contributed by atoms with Gasteiger partial charge in [0.1, 0.15) is 6.04 Å². The molecule has 0 bridgehead atoms. The summed E-state index contributed by atoms with van der Waals surface area (Å²) < 4.78 is 9.78. The molecule has 1 rings (SSSR count). The van der Waals surface area contributed by atoms with Gasteiger partial charge < -0.3 is 19.7 Å². The molecule has 0 aromatic carbocycles. The van der Waals surface area contributed by atoms with Gasteiger partial charge in [-0.15, -0.1) is 0 Å². The zero-order chi connectivity index (χ0) is 18.3. The molecule has 0 unspecified atom stereocenters. The van der Waals surface area contributed by atoms with E-state index in [1.54, 1.807) is 4.90 Å². The van der Waals surface area contributed by atoms with E-state index in [-0.39, 0.29) is 29.8 Å². The monoisotopic (exact) mass is 342 g/mol. The topological polar surface area (TPSA) is 84.9 Å². The second-order valence-electron chi connectivity index (χ2n) is 6.89. The molecular formula is C17H30N2O5. The maximum Gasteiger partial charge on any atom is 0.407 e. The highest BCUT2D eigenvalue weighted by Crippen LogP contribution is 2.22. The van der Waals surface area contributed by atoms with E-state index in [0.29, 0.717) is 19.5 Å². The van der Waals surface area contributed by atoms with Crippen molar-refractivity contribution in [2.75, 3.05) is 20.2 Å². The van der Waals surface area contributed by atoms with E-state index >= 15 is 0 Å². The molecule has 1 N–H and O–H groups in total. The van der Waals surface area contributed by atoms with Crippen LogP contribution in [-0.2, 0) is 19.1 Å². The Hall–Kier alpha value is -1.79. The number of methoxy groups -OCH3 is 1. The van der Waals surface area contributed by atoms with Gasteiger partial charge >= 0.3 is 12.1 Å². The van der Waals surface area contributed by atoms with Crippen molar-refractivity contribution in [3.8, 4) is 0 Å². The highest BCUT2D eigenvalue weighted by atomic mass is 16.5. The first kappa shape index (κ1) is 20.3. The lowest BCUT2D eigenvalue weighted by molar-refractivity contribution is -0.150. The molecule has 1 aliphatic rings. The van der Waals surface area contributed by atoms with Gasteiger partial charge in [-0.3, -0.25) is 9.59 Å². The molecule has 1 fully saturated rings. The molecule has 24 heavy (non-hydrogen) atoms. The highest BCUT2D eigenvalue weighted by molar-refractivity contribution is 5.86. The van der Waals surface area contributed by atoms with Crippen molar-refractivity contribution >= 4 is 18.0 Å². The molecule has 1 saturated heterocycles. The van der Waals surface area contributed by atoms with Gasteiger partial charge in [-0.05, 0) is 38.5 Å². The first-order valence-electron chi connectivity index (χ1n) is 8.57. The Morgan fingerprint density at radius 2 is 1.88 bits per heavy atom. The summed E-state index contributed by atoms with van der Waals surface area (Å²) in [6.07, 6.45) is 1.31. The molecule has 2 amide bonds. The minimum absolute atomic E-state index is 0.0529. The molecule has 0 aliphatic carbocycles. The predicted molar refractivity (Wildman–Crippen MR) is 89.3 cm³/mol. The van der Waals surface area contributed by atoms with Crippen LogP contribution in [0.15, 0.2) is 0 Å². The second-order valence-corrected chi connectivity index (χ2v) is 6.89. The van der Waals surface area contributed by atoms with Crippen molar-refractivity contribution in [1.29, 1.82) is 0 Å². The van der Waals surface area contributed by atoms with Crippen LogP contribution in [0, 0.1) is 11.8 Å². The minimum Gasteiger partial charge on any atom is -0.463 e. The first-order chi connectivity index (χ1) is 11.2. The molecule has 1 heterocycles. The van der Waals surface area contributed by atoms with Gasteiger partial charge in [-0.2, -0.15) is 0 Å². The largest absolute Gasteiger partial charge is 0.463 e. The Morgan fingerprint density at radius 3 is 2.42 bits per heavy atom. The summed E-state index contributed by atoms with van der Waals surface area (Å²) in [5.74, 6) is -0.308. The Bertz CT molecular complexity index is 450. The van der Waals surface area contributed by atoms with E-state index in [2.05, 4.69) is 10.1 Å². The maximum atomic E-state index is 12.7. The predicted octanol–water partition coefficient (Wildman–Crippen LogP) is 1.95. The number of amides is 2. The number of carbonyl (C=O) groups excluding carboxylic acids is 3. The number of carbonyl (C=O) groups is 3. The van der Waals surface area contributed by atoms with Crippen LogP contribution in [0.2, 0.25) is 0 Å². The van der Waals surface area contributed by atoms with Crippen LogP contribution in [0.5, 0.6) is 0 Å². The molecule has 7 nitrogen and oxygen atoms in total. The van der Waals surface area contributed by atoms with Gasteiger partial charge in [0.25, 0.3) is 0 Å². The lowest BCUT2D eigenvalue weighted by atomic mass is 9.93. The summed E-state index contributed by atoms with van der Waals surface area (Å²) in [7, 11) is 1.27. The van der Waals surface area contributed by atoms with Crippen LogP contribution in [0.1, 0.15) is 47.0 Å². The van der Waals surface area contributed by atoms with E-state index < -0.39 is 12.1 Å². The number of nitrogens with one attached hydrogen (secondary N) is 1. The standard InChI is InChI=1S/C17H30N2O5/c1-11(2)15(18-17(22)23-5)16(21)19-8-6-7-13(10-19)9-14(20)24-12(3)4/h11-13,15H,6-10H2,1-5H3,(H,18,22)/t13-,15-/m1/s1. The quantitative estimate of drug-likeness (QED) is 0.746. The Kier molecular flexibility index (Phi) is 8.01. The maximum absolute atomic E-state index is 12.7. The fourth-order valence-corrected chi connectivity index (χ4v) is 2.87. The van der Waals surface area contributed by atoms with Gasteiger partial charge in [-0.1, -0.05) is 13.8 Å². The third-order valence-corrected chi connectivity index (χ3v) is 4.04. The summed E-state index contributed by atoms with van der Waals surface area (Å²) in [6, 6.07) is -0.626. The van der Waals surface area contributed by atoms with Crippen molar-refractivity contribution in [3.05, 3.63) is 0 Å².